The van der Waals surface area contributed by atoms with E-state index in [-0.39, 0.29) is 12.0 Å². The van der Waals surface area contributed by atoms with Gasteiger partial charge >= 0.3 is 0 Å². The topological polar surface area (TPSA) is 87.5 Å². The molecule has 1 amide bonds. The van der Waals surface area contributed by atoms with Crippen molar-refractivity contribution in [2.75, 3.05) is 38.2 Å². The van der Waals surface area contributed by atoms with Crippen molar-refractivity contribution in [3.05, 3.63) is 58.7 Å². The van der Waals surface area contributed by atoms with Crippen LogP contribution in [-0.4, -0.2) is 60.3 Å². The number of nitrogens with zero attached hydrogens (tertiary/aromatic N) is 3. The molecule has 31 heavy (non-hydrogen) atoms. The van der Waals surface area contributed by atoms with Crippen LogP contribution in [0.15, 0.2) is 42.6 Å². The van der Waals surface area contributed by atoms with Crippen molar-refractivity contribution in [2.24, 2.45) is 0 Å². The van der Waals surface area contributed by atoms with E-state index in [4.69, 9.17) is 26.3 Å². The van der Waals surface area contributed by atoms with E-state index in [1.165, 1.54) is 0 Å². The molecule has 1 aromatic carbocycles. The Morgan fingerprint density at radius 2 is 2.29 bits per heavy atom. The highest BCUT2D eigenvalue weighted by molar-refractivity contribution is 6.30. The average molecular weight is 441 g/mol. The number of nitrogens with one attached hydrogen (secondary N) is 1. The number of carbonyl (C=O) groups is 1. The normalized spacial score (nSPS) is 23.4. The summed E-state index contributed by atoms with van der Waals surface area (Å²) in [5.74, 6) is 0.762. The summed E-state index contributed by atoms with van der Waals surface area (Å²) < 4.78 is 12.2. The number of hydrogen-bond acceptors (Lipinski definition) is 6. The van der Waals surface area contributed by atoms with Crippen molar-refractivity contribution in [1.29, 1.82) is 5.26 Å². The molecule has 2 atom stereocenters. The largest absolute Gasteiger partial charge is 0.377 e. The van der Waals surface area contributed by atoms with Crippen molar-refractivity contribution in [2.45, 2.75) is 31.0 Å². The van der Waals surface area contributed by atoms with Crippen LogP contribution in [0.4, 0.5) is 5.82 Å². The SMILES string of the molecule is N#Cc1ccc(NC[C@H]2CC[C@@]3(COCCN(C(=O)Cc4cccc(Cl)c4)C3)O2)nc1. The lowest BCUT2D eigenvalue weighted by molar-refractivity contribution is -0.135. The van der Waals surface area contributed by atoms with E-state index in [0.717, 1.165) is 18.4 Å². The molecule has 2 aliphatic heterocycles. The predicted octanol–water partition coefficient (Wildman–Crippen LogP) is 3.04. The van der Waals surface area contributed by atoms with Gasteiger partial charge in [0.25, 0.3) is 0 Å². The minimum absolute atomic E-state index is 0.00373. The van der Waals surface area contributed by atoms with Crippen molar-refractivity contribution in [3.8, 4) is 6.07 Å². The summed E-state index contributed by atoms with van der Waals surface area (Å²) in [6, 6.07) is 13.0. The lowest BCUT2D eigenvalue weighted by Crippen LogP contribution is -2.47. The lowest BCUT2D eigenvalue weighted by atomic mass is 9.99. The van der Waals surface area contributed by atoms with Crippen LogP contribution in [-0.2, 0) is 20.7 Å². The third-order valence-electron chi connectivity index (χ3n) is 5.69. The van der Waals surface area contributed by atoms with E-state index in [1.54, 1.807) is 24.4 Å². The van der Waals surface area contributed by atoms with Gasteiger partial charge in [-0.15, -0.1) is 0 Å². The van der Waals surface area contributed by atoms with Gasteiger partial charge in [-0.25, -0.2) is 4.98 Å². The van der Waals surface area contributed by atoms with E-state index in [9.17, 15) is 4.79 Å². The Morgan fingerprint density at radius 3 is 3.06 bits per heavy atom. The summed E-state index contributed by atoms with van der Waals surface area (Å²) >= 11 is 6.05. The summed E-state index contributed by atoms with van der Waals surface area (Å²) in [6.07, 6.45) is 3.57. The molecule has 162 valence electrons. The number of benzene rings is 1. The monoisotopic (exact) mass is 440 g/mol. The highest BCUT2D eigenvalue weighted by atomic mass is 35.5. The first-order valence-corrected chi connectivity index (χ1v) is 10.8. The van der Waals surface area contributed by atoms with Crippen LogP contribution in [0.5, 0.6) is 0 Å². The van der Waals surface area contributed by atoms with Gasteiger partial charge in [-0.05, 0) is 42.7 Å². The molecule has 4 rings (SSSR count). The Kier molecular flexibility index (Phi) is 6.71. The number of hydrogen-bond donors (Lipinski definition) is 1. The summed E-state index contributed by atoms with van der Waals surface area (Å²) in [4.78, 5) is 19.0. The maximum Gasteiger partial charge on any atom is 0.227 e. The molecule has 1 aromatic heterocycles. The molecular formula is C23H25ClN4O3. The smallest absolute Gasteiger partial charge is 0.227 e. The van der Waals surface area contributed by atoms with Crippen molar-refractivity contribution in [1.82, 2.24) is 9.88 Å². The fourth-order valence-electron chi connectivity index (χ4n) is 4.10. The first kappa shape index (κ1) is 21.6. The zero-order valence-corrected chi connectivity index (χ0v) is 18.0. The highest BCUT2D eigenvalue weighted by Gasteiger charge is 2.43. The van der Waals surface area contributed by atoms with Crippen LogP contribution in [0.3, 0.4) is 0 Å². The zero-order valence-electron chi connectivity index (χ0n) is 17.2. The van der Waals surface area contributed by atoms with Crippen molar-refractivity contribution >= 4 is 23.3 Å². The summed E-state index contributed by atoms with van der Waals surface area (Å²) in [6.45, 7) is 2.68. The number of carbonyl (C=O) groups excluding carboxylic acids is 1. The molecule has 0 radical (unpaired) electrons. The molecular weight excluding hydrogens is 416 g/mol. The Morgan fingerprint density at radius 1 is 1.39 bits per heavy atom. The second kappa shape index (κ2) is 9.65. The van der Waals surface area contributed by atoms with Gasteiger partial charge in [-0.2, -0.15) is 5.26 Å². The van der Waals surface area contributed by atoms with Crippen molar-refractivity contribution < 1.29 is 14.3 Å². The number of halogens is 1. The van der Waals surface area contributed by atoms with E-state index >= 15 is 0 Å². The maximum absolute atomic E-state index is 12.9. The third kappa shape index (κ3) is 5.53. The maximum atomic E-state index is 12.9. The fraction of sp³-hybridized carbons (Fsp3) is 0.435. The number of nitriles is 1. The number of pyridine rings is 1. The molecule has 2 aliphatic rings. The van der Waals surface area contributed by atoms with Crippen LogP contribution in [0.2, 0.25) is 5.02 Å². The summed E-state index contributed by atoms with van der Waals surface area (Å²) in [7, 11) is 0. The van der Waals surface area contributed by atoms with Gasteiger partial charge in [-0.1, -0.05) is 23.7 Å². The summed E-state index contributed by atoms with van der Waals surface area (Å²) in [5, 5.41) is 12.8. The number of anilines is 1. The first-order chi connectivity index (χ1) is 15.0. The molecule has 0 saturated carbocycles. The molecule has 2 fully saturated rings. The molecule has 3 heterocycles. The molecule has 8 heteroatoms. The molecule has 1 N–H and O–H groups in total. The molecule has 0 bridgehead atoms. The number of ether oxygens (including phenoxy) is 2. The average Bonchev–Trinajstić information content (AvgIpc) is 3.04. The van der Waals surface area contributed by atoms with E-state index in [0.29, 0.717) is 55.7 Å². The highest BCUT2D eigenvalue weighted by Crippen LogP contribution is 2.33. The van der Waals surface area contributed by atoms with Gasteiger partial charge in [-0.3, -0.25) is 4.79 Å². The van der Waals surface area contributed by atoms with E-state index in [1.807, 2.05) is 23.1 Å². The Labute approximate surface area is 186 Å². The number of rotatable bonds is 5. The van der Waals surface area contributed by atoms with Gasteiger partial charge in [0.1, 0.15) is 17.5 Å². The van der Waals surface area contributed by atoms with Gasteiger partial charge < -0.3 is 19.7 Å². The van der Waals surface area contributed by atoms with Gasteiger partial charge in [0.15, 0.2) is 0 Å². The molecule has 0 aliphatic carbocycles. The Balaban J connectivity index is 1.34. The summed E-state index contributed by atoms with van der Waals surface area (Å²) in [5.41, 5.74) is 0.950. The Bertz CT molecular complexity index is 962. The second-order valence-corrected chi connectivity index (χ2v) is 8.50. The van der Waals surface area contributed by atoms with Crippen LogP contribution in [0.25, 0.3) is 0 Å². The minimum Gasteiger partial charge on any atom is -0.377 e. The Hall–Kier alpha value is -2.66. The third-order valence-corrected chi connectivity index (χ3v) is 5.92. The zero-order chi connectivity index (χ0) is 21.7. The molecule has 0 unspecified atom stereocenters. The quantitative estimate of drug-likeness (QED) is 0.768. The first-order valence-electron chi connectivity index (χ1n) is 10.4. The van der Waals surface area contributed by atoms with E-state index < -0.39 is 5.60 Å². The fourth-order valence-corrected chi connectivity index (χ4v) is 4.31. The lowest BCUT2D eigenvalue weighted by Gasteiger charge is -2.32. The predicted molar refractivity (Wildman–Crippen MR) is 117 cm³/mol. The molecule has 7 nitrogen and oxygen atoms in total. The van der Waals surface area contributed by atoms with Crippen LogP contribution in [0, 0.1) is 11.3 Å². The molecule has 2 aromatic rings. The van der Waals surface area contributed by atoms with E-state index in [2.05, 4.69) is 16.4 Å². The van der Waals surface area contributed by atoms with Gasteiger partial charge in [0.2, 0.25) is 5.91 Å². The van der Waals surface area contributed by atoms with Crippen molar-refractivity contribution in [3.63, 3.8) is 0 Å². The number of aromatic nitrogens is 1. The standard InChI is InChI=1S/C23H25ClN4O3/c24-19-3-1-2-17(10-19)11-22(29)28-8-9-30-16-23(15-28)7-6-20(31-23)14-27-21-5-4-18(12-25)13-26-21/h1-5,10,13,20H,6-9,11,14-16H2,(H,26,27)/t20-,23-/m1/s1. The number of amides is 1. The second-order valence-electron chi connectivity index (χ2n) is 8.06. The van der Waals surface area contributed by atoms with Gasteiger partial charge in [0, 0.05) is 24.3 Å². The minimum atomic E-state index is -0.481. The molecule has 1 spiro atoms. The van der Waals surface area contributed by atoms with Crippen LogP contribution < -0.4 is 5.32 Å². The van der Waals surface area contributed by atoms with Crippen LogP contribution >= 0.6 is 11.6 Å². The molecule has 2 saturated heterocycles. The van der Waals surface area contributed by atoms with Gasteiger partial charge in [0.05, 0.1) is 37.8 Å². The van der Waals surface area contributed by atoms with Crippen LogP contribution in [0.1, 0.15) is 24.0 Å².